The van der Waals surface area contributed by atoms with Crippen LogP contribution in [0.3, 0.4) is 0 Å². The average molecular weight is 1810 g/mol. The summed E-state index contributed by atoms with van der Waals surface area (Å²) in [5.74, 6) is 4.19. The number of aryl methyl sites for hydroxylation is 5. The number of nitrogens with one attached hydrogen (secondary N) is 3. The molecule has 7 N–H and O–H groups in total. The summed E-state index contributed by atoms with van der Waals surface area (Å²) < 4.78 is 68.7. The van der Waals surface area contributed by atoms with Crippen LogP contribution in [-0.2, 0) is 44.9 Å². The molecule has 32 heteroatoms. The molecular formula is C85H123Br2ClN18O8P2S. The summed E-state index contributed by atoms with van der Waals surface area (Å²) in [5, 5.41) is 19.6. The molecule has 13 rings (SSSR count). The zero-order valence-electron chi connectivity index (χ0n) is 70.1. The number of halogens is 3. The number of nitrogens with zero attached hydrogens (tertiary/aromatic N) is 14. The Kier molecular flexibility index (Phi) is 35.0. The first-order valence-corrected chi connectivity index (χ1v) is 48.7. The molecule has 4 saturated heterocycles. The maximum absolute atomic E-state index is 13.5. The SMILES string of the molecule is CCCCO.CCc1cc(N)c(OC)cc1N1CCC(N2CCN(C)CC2)CC1.CCc1cnc(-c2ccc(Nc3nc(Cl)ncc3Br)c(P(C)(C)=O)c2)nc1.CCc1cnc(-c2ccc(Nc3nc(Nc4cc(CC)c(N5CCC(N6CCN(C)CC6)CC5)cc4OC)ncc3Br)c(P(C)(C)=O)c2)nc1.Cc1ccc(S(=O)(=O)O)cc1.[HH].[HH].[HH]. The summed E-state index contributed by atoms with van der Waals surface area (Å²) in [7, 11) is -1.48. The van der Waals surface area contributed by atoms with Crippen LogP contribution >= 0.6 is 57.7 Å². The van der Waals surface area contributed by atoms with Gasteiger partial charge in [0, 0.05) is 184 Å². The highest BCUT2D eigenvalue weighted by atomic mass is 79.9. The van der Waals surface area contributed by atoms with Gasteiger partial charge in [-0.05, 0) is 232 Å². The van der Waals surface area contributed by atoms with Crippen LogP contribution in [0.15, 0.2) is 136 Å². The van der Waals surface area contributed by atoms with Crippen molar-refractivity contribution in [1.82, 2.24) is 59.5 Å². The van der Waals surface area contributed by atoms with Gasteiger partial charge < -0.3 is 65.0 Å². The van der Waals surface area contributed by atoms with Gasteiger partial charge in [-0.25, -0.2) is 29.9 Å². The summed E-state index contributed by atoms with van der Waals surface area (Å²) in [5.41, 5.74) is 18.8. The molecule has 26 nitrogen and oxygen atoms in total. The number of unbranched alkanes of at least 4 members (excludes halogenated alkanes) is 1. The number of ether oxygens (including phenoxy) is 2. The molecule has 0 bridgehead atoms. The number of rotatable bonds is 23. The fourth-order valence-corrected chi connectivity index (χ4v) is 17.7. The third-order valence-corrected chi connectivity index (χ3v) is 26.5. The van der Waals surface area contributed by atoms with Gasteiger partial charge in [0.05, 0.1) is 50.8 Å². The van der Waals surface area contributed by atoms with Crippen molar-refractivity contribution >= 4 is 130 Å². The standard InChI is InChI=1S/C37H49BrN9O2P.C19H32N4O.C18H18BrClN5OP.C7H8O3S.C4H10O.3H2/c1-7-25-22-39-35(40-23-25)27-9-10-30(34(20-27)50(5,6)48)42-36-29(38)24-41-37(44-36)43-31-19-26(8-2)32(21-33(31)49-4)47-13-11-28(12-14-47)46-17-15-45(3)16-18-46;1-4-15-13-17(20)19(24-3)14-18(15)23-7-5-16(6-8-23)22-11-9-21(2)10-12-22;1-4-11-8-21-16(22-9-11)12-5-6-14(15(7-12)27(2,3)26)24-17-13(19)10-23-18(20)25-17;1-6-2-4-7(5-3-6)11(8,9)10;1-2-3-4-5;;;/h9-10,19-24,28H,7-8,11-18H2,1-6H3,(H2,41,42,43,44);13-14,16H,4-12,20H2,1-3H3;5-10H,4H2,1-3H3,(H,23,24,25);2-5H,1H3,(H,8,9,10);5H,2-4H2,1H3;3*1H. The number of anilines is 9. The molecule has 0 saturated carbocycles. The molecule has 8 heterocycles. The van der Waals surface area contributed by atoms with Gasteiger partial charge in [-0.1, -0.05) is 58.7 Å². The van der Waals surface area contributed by atoms with E-state index in [1.165, 1.54) is 99.6 Å². The van der Waals surface area contributed by atoms with Gasteiger partial charge in [-0.15, -0.1) is 0 Å². The van der Waals surface area contributed by atoms with Gasteiger partial charge in [-0.2, -0.15) is 18.4 Å². The minimum atomic E-state index is -4.02. The molecule has 4 fully saturated rings. The van der Waals surface area contributed by atoms with Crippen molar-refractivity contribution in [3.63, 3.8) is 0 Å². The predicted octanol–water partition coefficient (Wildman–Crippen LogP) is 16.5. The van der Waals surface area contributed by atoms with Crippen molar-refractivity contribution in [3.05, 3.63) is 164 Å². The van der Waals surface area contributed by atoms with Crippen molar-refractivity contribution in [1.29, 1.82) is 0 Å². The van der Waals surface area contributed by atoms with E-state index in [0.29, 0.717) is 72.8 Å². The number of nitrogens with two attached hydrogens (primary N) is 1. The van der Waals surface area contributed by atoms with E-state index < -0.39 is 24.4 Å². The van der Waals surface area contributed by atoms with E-state index in [0.717, 1.165) is 135 Å². The van der Waals surface area contributed by atoms with E-state index in [1.54, 1.807) is 65.4 Å². The number of nitrogen functional groups attached to an aromatic ring is 1. The third-order valence-electron chi connectivity index (χ3n) is 21.3. The second-order valence-electron chi connectivity index (χ2n) is 30.4. The lowest BCUT2D eigenvalue weighted by molar-refractivity contribution is 0.0982. The summed E-state index contributed by atoms with van der Waals surface area (Å²) in [6.45, 7) is 33.5. The molecule has 4 aromatic heterocycles. The van der Waals surface area contributed by atoms with Crippen molar-refractivity contribution in [2.24, 2.45) is 0 Å². The zero-order valence-corrected chi connectivity index (χ0v) is 76.6. The fourth-order valence-electron chi connectivity index (χ4n) is 14.2. The predicted molar refractivity (Wildman–Crippen MR) is 493 cm³/mol. The van der Waals surface area contributed by atoms with Crippen molar-refractivity contribution in [3.8, 4) is 34.3 Å². The smallest absolute Gasteiger partial charge is 0.294 e. The van der Waals surface area contributed by atoms with E-state index in [2.05, 4.69) is 185 Å². The number of hydrogen-bond acceptors (Lipinski definition) is 25. The molecule has 0 radical (unpaired) electrons. The fraction of sp³-hybridized carbons (Fsp3) is 0.459. The summed E-state index contributed by atoms with van der Waals surface area (Å²) >= 11 is 12.9. The normalized spacial score (nSPS) is 15.4. The molecule has 5 aromatic carbocycles. The highest BCUT2D eigenvalue weighted by molar-refractivity contribution is 9.11. The van der Waals surface area contributed by atoms with Gasteiger partial charge >= 0.3 is 0 Å². The maximum Gasteiger partial charge on any atom is 0.294 e. The Morgan fingerprint density at radius 3 is 1.37 bits per heavy atom. The first kappa shape index (κ1) is 93.1. The molecule has 0 amide bonds. The molecule has 0 unspecified atom stereocenters. The lowest BCUT2D eigenvalue weighted by Gasteiger charge is -2.43. The van der Waals surface area contributed by atoms with Crippen LogP contribution in [-0.4, -0.2) is 230 Å². The van der Waals surface area contributed by atoms with Crippen LogP contribution < -0.4 is 51.6 Å². The number of likely N-dealkylation sites (N-methyl/N-ethyl adjacent to an activating group) is 2. The van der Waals surface area contributed by atoms with E-state index in [9.17, 15) is 17.5 Å². The number of piperazine rings is 2. The Labute approximate surface area is 718 Å². The van der Waals surface area contributed by atoms with E-state index in [1.807, 2.05) is 68.1 Å². The minimum absolute atomic E-state index is 0. The van der Waals surface area contributed by atoms with Crippen molar-refractivity contribution in [2.75, 3.05) is 172 Å². The highest BCUT2D eigenvalue weighted by Crippen LogP contribution is 2.44. The molecule has 117 heavy (non-hydrogen) atoms. The Morgan fingerprint density at radius 2 is 0.974 bits per heavy atom. The monoisotopic (exact) mass is 1810 g/mol. The topological polar surface area (TPSA) is 312 Å². The Bertz CT molecular complexity index is 4950. The lowest BCUT2D eigenvalue weighted by atomic mass is 9.99. The average Bonchev–Trinajstić information content (AvgIpc) is 0.812. The molecule has 4 aliphatic rings. The minimum Gasteiger partial charge on any atom is -0.495 e. The number of aliphatic hydroxyl groups excluding tert-OH is 1. The molecule has 9 aromatic rings. The maximum atomic E-state index is 13.5. The van der Waals surface area contributed by atoms with Gasteiger partial charge in [0.25, 0.3) is 10.1 Å². The molecule has 0 spiro atoms. The first-order chi connectivity index (χ1) is 55.9. The largest absolute Gasteiger partial charge is 0.495 e. The van der Waals surface area contributed by atoms with Gasteiger partial charge in [-0.3, -0.25) is 14.4 Å². The summed E-state index contributed by atoms with van der Waals surface area (Å²) in [6.07, 6.45) is 21.1. The molecule has 0 atom stereocenters. The van der Waals surface area contributed by atoms with Crippen molar-refractivity contribution < 1.29 is 41.0 Å². The number of hydrogen-bond donors (Lipinski definition) is 6. The number of piperidine rings is 2. The molecule has 638 valence electrons. The molecule has 4 aliphatic heterocycles. The second kappa shape index (κ2) is 44.0. The highest BCUT2D eigenvalue weighted by Gasteiger charge is 2.31. The summed E-state index contributed by atoms with van der Waals surface area (Å²) in [6, 6.07) is 27.3. The van der Waals surface area contributed by atoms with E-state index in [-0.39, 0.29) is 14.5 Å². The Hall–Kier alpha value is -7.76. The lowest BCUT2D eigenvalue weighted by Crippen LogP contribution is -2.52. The van der Waals surface area contributed by atoms with Crippen molar-refractivity contribution in [2.45, 2.75) is 123 Å². The van der Waals surface area contributed by atoms with E-state index >= 15 is 0 Å². The van der Waals surface area contributed by atoms with Crippen LogP contribution in [0.4, 0.5) is 51.7 Å². The van der Waals surface area contributed by atoms with Crippen LogP contribution in [0, 0.1) is 6.92 Å². The van der Waals surface area contributed by atoms with Crippen LogP contribution in [0.1, 0.15) is 105 Å². The number of methoxy groups -OCH3 is 2. The zero-order chi connectivity index (χ0) is 84.7. The number of benzene rings is 5. The van der Waals surface area contributed by atoms with Gasteiger partial charge in [0.1, 0.15) is 37.4 Å². The molecule has 0 aliphatic carbocycles. The van der Waals surface area contributed by atoms with Crippen LogP contribution in [0.5, 0.6) is 11.5 Å². The quantitative estimate of drug-likeness (QED) is 0.0150. The van der Waals surface area contributed by atoms with Crippen LogP contribution in [0.25, 0.3) is 22.8 Å². The first-order valence-electron chi connectivity index (χ1n) is 40.1. The second-order valence-corrected chi connectivity index (χ2v) is 40.2. The summed E-state index contributed by atoms with van der Waals surface area (Å²) in [4.78, 5) is 50.6. The van der Waals surface area contributed by atoms with E-state index in [4.69, 9.17) is 41.5 Å². The van der Waals surface area contributed by atoms with Gasteiger partial charge in [0.2, 0.25) is 11.2 Å². The number of aliphatic hydroxyl groups is 1. The van der Waals surface area contributed by atoms with Gasteiger partial charge in [0.15, 0.2) is 11.6 Å². The molecular weight excluding hydrogens is 1690 g/mol. The Balaban J connectivity index is 0.000000269. The Morgan fingerprint density at radius 1 is 0.547 bits per heavy atom. The van der Waals surface area contributed by atoms with Crippen LogP contribution in [0.2, 0.25) is 5.28 Å². The third kappa shape index (κ3) is 26.6. The number of aromatic nitrogens is 8.